The molecule has 3 aromatic carbocycles. The van der Waals surface area contributed by atoms with Gasteiger partial charge in [-0.05, 0) is 11.1 Å². The molecule has 6 heteroatoms. The highest BCUT2D eigenvalue weighted by Gasteiger charge is 2.35. The van der Waals surface area contributed by atoms with Gasteiger partial charge in [0.05, 0.1) is 11.8 Å². The predicted octanol–water partition coefficient (Wildman–Crippen LogP) is 5.60. The molecule has 0 saturated carbocycles. The van der Waals surface area contributed by atoms with Crippen LogP contribution in [0.15, 0.2) is 71.8 Å². The van der Waals surface area contributed by atoms with Crippen LogP contribution < -0.4 is 5.01 Å². The quantitative estimate of drug-likeness (QED) is 0.433. The number of hydrazone groups is 1. The van der Waals surface area contributed by atoms with Gasteiger partial charge in [-0.15, -0.1) is 0 Å². The number of hydrogen-bond acceptors (Lipinski definition) is 2. The van der Waals surface area contributed by atoms with Crippen molar-refractivity contribution in [2.75, 3.05) is 5.01 Å². The van der Waals surface area contributed by atoms with Crippen LogP contribution in [0, 0.1) is 23.3 Å². The first-order valence-corrected chi connectivity index (χ1v) is 8.36. The fourth-order valence-corrected chi connectivity index (χ4v) is 3.22. The Morgan fingerprint density at radius 1 is 0.778 bits per heavy atom. The van der Waals surface area contributed by atoms with E-state index in [1.807, 2.05) is 36.4 Å². The summed E-state index contributed by atoms with van der Waals surface area (Å²) in [6, 6.07) is 17.7. The molecule has 0 bridgehead atoms. The van der Waals surface area contributed by atoms with E-state index in [0.29, 0.717) is 12.1 Å². The number of rotatable bonds is 3. The largest absolute Gasteiger partial charge is 0.251 e. The van der Waals surface area contributed by atoms with Gasteiger partial charge in [0.1, 0.15) is 5.69 Å². The minimum absolute atomic E-state index is 0.198. The second-order valence-electron chi connectivity index (χ2n) is 6.20. The molecule has 0 aromatic heterocycles. The molecule has 4 rings (SSSR count). The molecule has 0 fully saturated rings. The Kier molecular flexibility index (Phi) is 4.39. The second kappa shape index (κ2) is 6.87. The lowest BCUT2D eigenvalue weighted by atomic mass is 9.98. The third-order valence-corrected chi connectivity index (χ3v) is 4.52. The zero-order valence-electron chi connectivity index (χ0n) is 14.0. The molecule has 0 radical (unpaired) electrons. The molecule has 2 nitrogen and oxygen atoms in total. The normalized spacial score (nSPS) is 16.5. The Hall–Kier alpha value is -3.15. The molecule has 0 aliphatic carbocycles. The Morgan fingerprint density at radius 2 is 1.33 bits per heavy atom. The SMILES string of the molecule is Fc1cc(F)c(F)c(N2N=C(c3ccccc3)C[C@H]2c2ccccc2)c1F. The molecule has 1 aliphatic rings. The lowest BCUT2D eigenvalue weighted by Crippen LogP contribution is -2.22. The third-order valence-electron chi connectivity index (χ3n) is 4.52. The Labute approximate surface area is 153 Å². The molecular formula is C21H14F4N2. The van der Waals surface area contributed by atoms with Crippen molar-refractivity contribution in [1.29, 1.82) is 0 Å². The third kappa shape index (κ3) is 3.07. The van der Waals surface area contributed by atoms with Gasteiger partial charge >= 0.3 is 0 Å². The fourth-order valence-electron chi connectivity index (χ4n) is 3.22. The number of anilines is 1. The van der Waals surface area contributed by atoms with Crippen molar-refractivity contribution in [1.82, 2.24) is 0 Å². The van der Waals surface area contributed by atoms with Crippen LogP contribution in [0.5, 0.6) is 0 Å². The predicted molar refractivity (Wildman–Crippen MR) is 95.5 cm³/mol. The van der Waals surface area contributed by atoms with Crippen LogP contribution in [0.1, 0.15) is 23.6 Å². The van der Waals surface area contributed by atoms with E-state index in [1.165, 1.54) is 0 Å². The van der Waals surface area contributed by atoms with Crippen molar-refractivity contribution >= 4 is 11.4 Å². The van der Waals surface area contributed by atoms with E-state index in [1.54, 1.807) is 24.3 Å². The van der Waals surface area contributed by atoms with Crippen molar-refractivity contribution in [3.05, 3.63) is 101 Å². The van der Waals surface area contributed by atoms with Gasteiger partial charge in [-0.2, -0.15) is 5.10 Å². The first kappa shape index (κ1) is 17.3. The summed E-state index contributed by atoms with van der Waals surface area (Å²) in [4.78, 5) is 0. The summed E-state index contributed by atoms with van der Waals surface area (Å²) in [6.07, 6.45) is 0.338. The number of halogens is 4. The summed E-state index contributed by atoms with van der Waals surface area (Å²) in [5.41, 5.74) is 1.26. The van der Waals surface area contributed by atoms with Gasteiger partial charge in [-0.1, -0.05) is 60.7 Å². The van der Waals surface area contributed by atoms with E-state index in [4.69, 9.17) is 0 Å². The first-order chi connectivity index (χ1) is 13.1. The van der Waals surface area contributed by atoms with Crippen molar-refractivity contribution in [2.45, 2.75) is 12.5 Å². The Morgan fingerprint density at radius 3 is 1.93 bits per heavy atom. The standard InChI is InChI=1S/C21H14F4N2/c22-15-11-16(23)20(25)21(19(15)24)27-18(14-9-5-2-6-10-14)12-17(26-27)13-7-3-1-4-8-13/h1-11,18H,12H2/t18-/m0/s1. The summed E-state index contributed by atoms with van der Waals surface area (Å²) in [5, 5.41) is 5.36. The minimum Gasteiger partial charge on any atom is -0.251 e. The molecule has 27 heavy (non-hydrogen) atoms. The Bertz CT molecular complexity index is 977. The summed E-state index contributed by atoms with van der Waals surface area (Å²) in [5.74, 6) is -5.85. The first-order valence-electron chi connectivity index (χ1n) is 8.36. The maximum atomic E-state index is 14.4. The van der Waals surface area contributed by atoms with E-state index in [0.717, 1.165) is 16.1 Å². The van der Waals surface area contributed by atoms with Crippen molar-refractivity contribution < 1.29 is 17.6 Å². The van der Waals surface area contributed by atoms with Gasteiger partial charge in [0.15, 0.2) is 23.3 Å². The molecule has 0 N–H and O–H groups in total. The van der Waals surface area contributed by atoms with E-state index >= 15 is 0 Å². The van der Waals surface area contributed by atoms with Crippen LogP contribution in [-0.2, 0) is 0 Å². The molecule has 1 aliphatic heterocycles. The van der Waals surface area contributed by atoms with Crippen molar-refractivity contribution in [2.24, 2.45) is 5.10 Å². The average molecular weight is 370 g/mol. The van der Waals surface area contributed by atoms with Crippen molar-refractivity contribution in [3.63, 3.8) is 0 Å². The summed E-state index contributed by atoms with van der Waals surface area (Å²) in [6.45, 7) is 0. The highest BCUT2D eigenvalue weighted by molar-refractivity contribution is 6.03. The minimum atomic E-state index is -1.46. The highest BCUT2D eigenvalue weighted by Crippen LogP contribution is 2.40. The molecule has 0 amide bonds. The highest BCUT2D eigenvalue weighted by atomic mass is 19.2. The lowest BCUT2D eigenvalue weighted by molar-refractivity contribution is 0.448. The molecule has 0 spiro atoms. The number of hydrogen-bond donors (Lipinski definition) is 0. The van der Waals surface area contributed by atoms with Gasteiger partial charge in [0.25, 0.3) is 0 Å². The maximum Gasteiger partial charge on any atom is 0.187 e. The van der Waals surface area contributed by atoms with Gasteiger partial charge in [-0.25, -0.2) is 17.6 Å². The lowest BCUT2D eigenvalue weighted by Gasteiger charge is -2.25. The molecule has 3 aromatic rings. The van der Waals surface area contributed by atoms with E-state index in [2.05, 4.69) is 5.10 Å². The van der Waals surface area contributed by atoms with Crippen LogP contribution in [0.4, 0.5) is 23.2 Å². The maximum absolute atomic E-state index is 14.4. The van der Waals surface area contributed by atoms with Crippen molar-refractivity contribution in [3.8, 4) is 0 Å². The van der Waals surface area contributed by atoms with Gasteiger partial charge < -0.3 is 0 Å². The van der Waals surface area contributed by atoms with Crippen LogP contribution in [0.2, 0.25) is 0 Å². The number of benzene rings is 3. The van der Waals surface area contributed by atoms with E-state index in [9.17, 15) is 17.6 Å². The monoisotopic (exact) mass is 370 g/mol. The Balaban J connectivity index is 1.88. The van der Waals surface area contributed by atoms with Gasteiger partial charge in [0.2, 0.25) is 0 Å². The van der Waals surface area contributed by atoms with E-state index < -0.39 is 35.0 Å². The summed E-state index contributed by atoms with van der Waals surface area (Å²) < 4.78 is 56.4. The molecular weight excluding hydrogens is 356 g/mol. The fraction of sp³-hybridized carbons (Fsp3) is 0.0952. The van der Waals surface area contributed by atoms with Crippen LogP contribution in [0.3, 0.4) is 0 Å². The molecule has 1 heterocycles. The van der Waals surface area contributed by atoms with Gasteiger partial charge in [-0.3, -0.25) is 5.01 Å². The zero-order valence-corrected chi connectivity index (χ0v) is 14.0. The van der Waals surface area contributed by atoms with Crippen LogP contribution in [-0.4, -0.2) is 5.71 Å². The zero-order chi connectivity index (χ0) is 19.0. The van der Waals surface area contributed by atoms with Gasteiger partial charge in [0, 0.05) is 12.5 Å². The molecule has 0 saturated heterocycles. The average Bonchev–Trinajstić information content (AvgIpc) is 3.13. The number of nitrogens with zero attached hydrogens (tertiary/aromatic N) is 2. The van der Waals surface area contributed by atoms with Crippen LogP contribution >= 0.6 is 0 Å². The van der Waals surface area contributed by atoms with Crippen LogP contribution in [0.25, 0.3) is 0 Å². The molecule has 1 atom stereocenters. The molecule has 136 valence electrons. The van der Waals surface area contributed by atoms with E-state index in [-0.39, 0.29) is 6.07 Å². The molecule has 0 unspecified atom stereocenters. The topological polar surface area (TPSA) is 15.6 Å². The smallest absolute Gasteiger partial charge is 0.187 e. The summed E-state index contributed by atoms with van der Waals surface area (Å²) >= 11 is 0. The second-order valence-corrected chi connectivity index (χ2v) is 6.20. The summed E-state index contributed by atoms with van der Waals surface area (Å²) in [7, 11) is 0.